The topological polar surface area (TPSA) is 52.8 Å². The third-order valence-corrected chi connectivity index (χ3v) is 3.37. The average molecular weight is 266 g/mol. The molecule has 4 heteroatoms. The molecule has 0 spiro atoms. The van der Waals surface area contributed by atoms with Crippen LogP contribution in [0.4, 0.5) is 11.5 Å². The van der Waals surface area contributed by atoms with Gasteiger partial charge in [-0.3, -0.25) is 0 Å². The number of rotatable bonds is 3. The molecule has 1 heterocycles. The van der Waals surface area contributed by atoms with E-state index in [0.29, 0.717) is 11.6 Å². The first-order valence-electron chi connectivity index (χ1n) is 6.59. The third-order valence-electron chi connectivity index (χ3n) is 3.37. The number of hydrogen-bond acceptors (Lipinski definition) is 4. The highest BCUT2D eigenvalue weighted by Gasteiger charge is 2.11. The van der Waals surface area contributed by atoms with Crippen LogP contribution in [0.15, 0.2) is 30.6 Å². The Balaban J connectivity index is 2.44. The fourth-order valence-corrected chi connectivity index (χ4v) is 2.06. The number of aryl methyl sites for hydroxylation is 1. The van der Waals surface area contributed by atoms with E-state index in [1.807, 2.05) is 18.0 Å². The van der Waals surface area contributed by atoms with E-state index < -0.39 is 0 Å². The Kier molecular flexibility index (Phi) is 3.99. The van der Waals surface area contributed by atoms with Gasteiger partial charge in [0.15, 0.2) is 0 Å². The molecule has 4 nitrogen and oxygen atoms in total. The number of hydrogen-bond donors (Lipinski definition) is 0. The van der Waals surface area contributed by atoms with Gasteiger partial charge >= 0.3 is 0 Å². The van der Waals surface area contributed by atoms with Crippen LogP contribution >= 0.6 is 0 Å². The summed E-state index contributed by atoms with van der Waals surface area (Å²) in [5.74, 6) is 1.20. The lowest BCUT2D eigenvalue weighted by Crippen LogP contribution is -2.13. The van der Waals surface area contributed by atoms with Crippen molar-refractivity contribution in [1.82, 2.24) is 9.97 Å². The summed E-state index contributed by atoms with van der Waals surface area (Å²) in [7, 11) is 1.95. The lowest BCUT2D eigenvalue weighted by atomic mass is 10.0. The van der Waals surface area contributed by atoms with Crippen LogP contribution in [-0.2, 0) is 0 Å². The van der Waals surface area contributed by atoms with Gasteiger partial charge in [-0.05, 0) is 30.0 Å². The van der Waals surface area contributed by atoms with E-state index in [4.69, 9.17) is 5.26 Å². The first kappa shape index (κ1) is 14.0. The first-order valence-corrected chi connectivity index (χ1v) is 6.59. The van der Waals surface area contributed by atoms with Crippen molar-refractivity contribution < 1.29 is 0 Å². The summed E-state index contributed by atoms with van der Waals surface area (Å²) in [5, 5.41) is 8.93. The van der Waals surface area contributed by atoms with Gasteiger partial charge in [0.25, 0.3) is 0 Å². The van der Waals surface area contributed by atoms with Gasteiger partial charge in [-0.2, -0.15) is 5.26 Å². The summed E-state index contributed by atoms with van der Waals surface area (Å²) < 4.78 is 0. The zero-order chi connectivity index (χ0) is 14.7. The smallest absolute Gasteiger partial charge is 0.145 e. The van der Waals surface area contributed by atoms with Crippen molar-refractivity contribution >= 4 is 11.5 Å². The molecule has 2 rings (SSSR count). The van der Waals surface area contributed by atoms with Crippen molar-refractivity contribution in [1.29, 1.82) is 5.26 Å². The molecule has 0 unspecified atom stereocenters. The zero-order valence-electron chi connectivity index (χ0n) is 12.3. The molecular weight excluding hydrogens is 248 g/mol. The fourth-order valence-electron chi connectivity index (χ4n) is 2.06. The highest BCUT2D eigenvalue weighted by molar-refractivity contribution is 5.64. The average Bonchev–Trinajstić information content (AvgIpc) is 2.46. The molecule has 0 radical (unpaired) electrons. The van der Waals surface area contributed by atoms with Crippen LogP contribution in [0.1, 0.15) is 36.6 Å². The Hall–Kier alpha value is -2.41. The highest BCUT2D eigenvalue weighted by atomic mass is 15.2. The molecule has 0 amide bonds. The van der Waals surface area contributed by atoms with E-state index in [-0.39, 0.29) is 0 Å². The molecule has 0 bridgehead atoms. The van der Waals surface area contributed by atoms with Crippen molar-refractivity contribution in [2.45, 2.75) is 26.7 Å². The normalized spacial score (nSPS) is 10.4. The van der Waals surface area contributed by atoms with Crippen LogP contribution in [0.5, 0.6) is 0 Å². The van der Waals surface area contributed by atoms with Crippen molar-refractivity contribution in [3.63, 3.8) is 0 Å². The largest absolute Gasteiger partial charge is 0.329 e. The van der Waals surface area contributed by atoms with Crippen molar-refractivity contribution in [3.8, 4) is 6.07 Å². The van der Waals surface area contributed by atoms with Gasteiger partial charge in [0.2, 0.25) is 0 Å². The van der Waals surface area contributed by atoms with Gasteiger partial charge in [0.1, 0.15) is 23.9 Å². The van der Waals surface area contributed by atoms with E-state index in [0.717, 1.165) is 11.5 Å². The standard InChI is InChI=1S/C16H18N4/c1-11(2)13-6-5-12(3)15(7-13)20(4)16-8-14(9-17)18-10-19-16/h5-8,10-11H,1-4H3. The van der Waals surface area contributed by atoms with E-state index >= 15 is 0 Å². The number of benzene rings is 1. The van der Waals surface area contributed by atoms with Crippen LogP contribution < -0.4 is 4.90 Å². The van der Waals surface area contributed by atoms with Crippen LogP contribution in [-0.4, -0.2) is 17.0 Å². The SMILES string of the molecule is Cc1ccc(C(C)C)cc1N(C)c1cc(C#N)ncn1. The van der Waals surface area contributed by atoms with Crippen LogP contribution in [0.3, 0.4) is 0 Å². The maximum absolute atomic E-state index is 8.93. The van der Waals surface area contributed by atoms with E-state index in [9.17, 15) is 0 Å². The minimum absolute atomic E-state index is 0.375. The van der Waals surface area contributed by atoms with Gasteiger partial charge in [-0.1, -0.05) is 26.0 Å². The molecule has 0 N–H and O–H groups in total. The van der Waals surface area contributed by atoms with Gasteiger partial charge < -0.3 is 4.90 Å². The molecule has 1 aromatic carbocycles. The molecule has 2 aromatic rings. The Morgan fingerprint density at radius 3 is 2.60 bits per heavy atom. The predicted molar refractivity (Wildman–Crippen MR) is 80.1 cm³/mol. The van der Waals surface area contributed by atoms with Crippen molar-refractivity contribution in [2.75, 3.05) is 11.9 Å². The van der Waals surface area contributed by atoms with Crippen molar-refractivity contribution in [3.05, 3.63) is 47.4 Å². The maximum Gasteiger partial charge on any atom is 0.145 e. The molecule has 0 aliphatic rings. The molecule has 0 saturated carbocycles. The lowest BCUT2D eigenvalue weighted by molar-refractivity contribution is 0.864. The van der Waals surface area contributed by atoms with Gasteiger partial charge in [0, 0.05) is 18.8 Å². The predicted octanol–water partition coefficient (Wildman–Crippen LogP) is 3.55. The quantitative estimate of drug-likeness (QED) is 0.852. The van der Waals surface area contributed by atoms with E-state index in [1.54, 1.807) is 6.07 Å². The summed E-state index contributed by atoms with van der Waals surface area (Å²) >= 11 is 0. The summed E-state index contributed by atoms with van der Waals surface area (Å²) in [6.45, 7) is 6.42. The molecule has 20 heavy (non-hydrogen) atoms. The maximum atomic E-state index is 8.93. The number of aromatic nitrogens is 2. The Morgan fingerprint density at radius 2 is 1.95 bits per heavy atom. The highest BCUT2D eigenvalue weighted by Crippen LogP contribution is 2.28. The number of nitrogens with zero attached hydrogens (tertiary/aromatic N) is 4. The second-order valence-corrected chi connectivity index (χ2v) is 5.13. The molecule has 0 fully saturated rings. The Bertz CT molecular complexity index is 656. The summed E-state index contributed by atoms with van der Waals surface area (Å²) in [5.41, 5.74) is 3.93. The van der Waals surface area contributed by atoms with Gasteiger partial charge in [-0.15, -0.1) is 0 Å². The van der Waals surface area contributed by atoms with Crippen LogP contribution in [0.2, 0.25) is 0 Å². The van der Waals surface area contributed by atoms with Gasteiger partial charge in [0.05, 0.1) is 0 Å². The molecule has 102 valence electrons. The fraction of sp³-hybridized carbons (Fsp3) is 0.312. The first-order chi connectivity index (χ1) is 9.52. The molecule has 0 aliphatic carbocycles. The van der Waals surface area contributed by atoms with Crippen LogP contribution in [0, 0.1) is 18.3 Å². The van der Waals surface area contributed by atoms with Crippen molar-refractivity contribution in [2.24, 2.45) is 0 Å². The lowest BCUT2D eigenvalue weighted by Gasteiger charge is -2.22. The summed E-state index contributed by atoms with van der Waals surface area (Å²) in [6, 6.07) is 10.2. The van der Waals surface area contributed by atoms with Crippen LogP contribution in [0.25, 0.3) is 0 Å². The second kappa shape index (κ2) is 5.70. The molecule has 0 saturated heterocycles. The second-order valence-electron chi connectivity index (χ2n) is 5.13. The van der Waals surface area contributed by atoms with E-state index in [1.165, 1.54) is 17.5 Å². The monoisotopic (exact) mass is 266 g/mol. The minimum atomic E-state index is 0.375. The Morgan fingerprint density at radius 1 is 1.20 bits per heavy atom. The number of anilines is 2. The molecular formula is C16H18N4. The third kappa shape index (κ3) is 2.77. The van der Waals surface area contributed by atoms with Gasteiger partial charge in [-0.25, -0.2) is 9.97 Å². The molecule has 0 atom stereocenters. The van der Waals surface area contributed by atoms with E-state index in [2.05, 4.69) is 48.9 Å². The molecule has 1 aromatic heterocycles. The summed E-state index contributed by atoms with van der Waals surface area (Å²) in [6.07, 6.45) is 1.42. The Labute approximate surface area is 119 Å². The summed E-state index contributed by atoms with van der Waals surface area (Å²) in [4.78, 5) is 10.1. The molecule has 0 aliphatic heterocycles. The number of nitriles is 1. The zero-order valence-corrected chi connectivity index (χ0v) is 12.3. The minimum Gasteiger partial charge on any atom is -0.329 e.